The Hall–Kier alpha value is -1.55. The molecule has 4 nitrogen and oxygen atoms in total. The van der Waals surface area contributed by atoms with E-state index in [9.17, 15) is 9.59 Å². The van der Waals surface area contributed by atoms with Crippen molar-refractivity contribution in [3.63, 3.8) is 0 Å². The summed E-state index contributed by atoms with van der Waals surface area (Å²) in [6.45, 7) is 2.15. The molecule has 1 aromatic rings. The van der Waals surface area contributed by atoms with E-state index in [2.05, 4.69) is 5.32 Å². The molecule has 1 unspecified atom stereocenters. The number of carboxylic acids is 1. The smallest absolute Gasteiger partial charge is 0.303 e. The van der Waals surface area contributed by atoms with Gasteiger partial charge in [0.25, 0.3) is 0 Å². The molecule has 1 amide bonds. The number of nitrogens with one attached hydrogen (secondary N) is 1. The van der Waals surface area contributed by atoms with E-state index in [4.69, 9.17) is 16.7 Å². The number of amides is 1. The van der Waals surface area contributed by atoms with Crippen LogP contribution >= 0.6 is 11.6 Å². The molecule has 0 fully saturated rings. The lowest BCUT2D eigenvalue weighted by molar-refractivity contribution is -0.138. The average molecular weight is 270 g/mol. The molecule has 1 atom stereocenters. The van der Waals surface area contributed by atoms with Crippen LogP contribution in [0.4, 0.5) is 0 Å². The van der Waals surface area contributed by atoms with Gasteiger partial charge in [0.1, 0.15) is 0 Å². The molecule has 0 aliphatic carbocycles. The molecule has 5 heteroatoms. The molecule has 0 heterocycles. The van der Waals surface area contributed by atoms with Gasteiger partial charge in [-0.15, -0.1) is 0 Å². The minimum atomic E-state index is -0.855. The van der Waals surface area contributed by atoms with Crippen molar-refractivity contribution in [1.82, 2.24) is 5.32 Å². The third-order valence-electron chi connectivity index (χ3n) is 2.42. The number of halogens is 1. The zero-order valence-electron chi connectivity index (χ0n) is 10.1. The summed E-state index contributed by atoms with van der Waals surface area (Å²) in [5.74, 6) is -1.06. The van der Waals surface area contributed by atoms with Crippen LogP contribution in [-0.4, -0.2) is 23.5 Å². The van der Waals surface area contributed by atoms with E-state index < -0.39 is 5.97 Å². The van der Waals surface area contributed by atoms with Gasteiger partial charge in [-0.05, 0) is 23.6 Å². The first kappa shape index (κ1) is 14.5. The maximum Gasteiger partial charge on any atom is 0.303 e. The first-order valence-electron chi connectivity index (χ1n) is 5.70. The Bertz CT molecular complexity index is 434. The Morgan fingerprint density at radius 1 is 1.44 bits per heavy atom. The van der Waals surface area contributed by atoms with Gasteiger partial charge in [-0.3, -0.25) is 9.59 Å². The van der Waals surface area contributed by atoms with Crippen molar-refractivity contribution >= 4 is 23.5 Å². The molecular weight excluding hydrogens is 254 g/mol. The van der Waals surface area contributed by atoms with Gasteiger partial charge in [-0.1, -0.05) is 30.7 Å². The van der Waals surface area contributed by atoms with E-state index in [1.165, 1.54) is 0 Å². The fourth-order valence-corrected chi connectivity index (χ4v) is 1.77. The lowest BCUT2D eigenvalue weighted by Crippen LogP contribution is -2.30. The SMILES string of the molecule is CC(CNC(=O)Cc1cccc(Cl)c1)CC(=O)O. The number of carbonyl (C=O) groups excluding carboxylic acids is 1. The van der Waals surface area contributed by atoms with E-state index in [0.717, 1.165) is 5.56 Å². The average Bonchev–Trinajstić information content (AvgIpc) is 2.25. The van der Waals surface area contributed by atoms with E-state index in [1.54, 1.807) is 25.1 Å². The largest absolute Gasteiger partial charge is 0.481 e. The molecule has 0 saturated heterocycles. The number of hydrogen-bond acceptors (Lipinski definition) is 2. The highest BCUT2D eigenvalue weighted by Crippen LogP contribution is 2.11. The van der Waals surface area contributed by atoms with Crippen molar-refractivity contribution in [3.8, 4) is 0 Å². The number of benzene rings is 1. The van der Waals surface area contributed by atoms with E-state index in [-0.39, 0.29) is 24.7 Å². The van der Waals surface area contributed by atoms with Gasteiger partial charge in [0.05, 0.1) is 6.42 Å². The fourth-order valence-electron chi connectivity index (χ4n) is 1.55. The van der Waals surface area contributed by atoms with E-state index in [0.29, 0.717) is 11.6 Å². The second kappa shape index (κ2) is 7.01. The fraction of sp³-hybridized carbons (Fsp3) is 0.385. The Morgan fingerprint density at radius 3 is 2.78 bits per heavy atom. The zero-order chi connectivity index (χ0) is 13.5. The Labute approximate surface area is 111 Å². The lowest BCUT2D eigenvalue weighted by Gasteiger charge is -2.10. The Morgan fingerprint density at radius 2 is 2.17 bits per heavy atom. The van der Waals surface area contributed by atoms with Crippen molar-refractivity contribution in [2.24, 2.45) is 5.92 Å². The van der Waals surface area contributed by atoms with Gasteiger partial charge in [0, 0.05) is 18.0 Å². The summed E-state index contributed by atoms with van der Waals surface area (Å²) in [4.78, 5) is 22.1. The van der Waals surface area contributed by atoms with Crippen LogP contribution in [0.3, 0.4) is 0 Å². The van der Waals surface area contributed by atoms with Crippen LogP contribution in [0.25, 0.3) is 0 Å². The van der Waals surface area contributed by atoms with Crippen molar-refractivity contribution < 1.29 is 14.7 Å². The lowest BCUT2D eigenvalue weighted by atomic mass is 10.1. The summed E-state index contributed by atoms with van der Waals surface area (Å²) in [6.07, 6.45) is 0.303. The topological polar surface area (TPSA) is 66.4 Å². The van der Waals surface area contributed by atoms with Gasteiger partial charge >= 0.3 is 5.97 Å². The molecule has 98 valence electrons. The van der Waals surface area contributed by atoms with Crippen molar-refractivity contribution in [1.29, 1.82) is 0 Å². The summed E-state index contributed by atoms with van der Waals surface area (Å²) in [6, 6.07) is 7.10. The van der Waals surface area contributed by atoms with Crippen LogP contribution in [0.2, 0.25) is 5.02 Å². The molecule has 1 rings (SSSR count). The highest BCUT2D eigenvalue weighted by Gasteiger charge is 2.09. The minimum absolute atomic E-state index is 0.0530. The molecular formula is C13H16ClNO3. The highest BCUT2D eigenvalue weighted by atomic mass is 35.5. The van der Waals surface area contributed by atoms with Crippen LogP contribution in [-0.2, 0) is 16.0 Å². The standard InChI is InChI=1S/C13H16ClNO3/c1-9(5-13(17)18)8-15-12(16)7-10-3-2-4-11(14)6-10/h2-4,6,9H,5,7-8H2,1H3,(H,15,16)(H,17,18). The van der Waals surface area contributed by atoms with Gasteiger partial charge in [0.2, 0.25) is 5.91 Å². The number of hydrogen-bond donors (Lipinski definition) is 2. The molecule has 0 aliphatic rings. The van der Waals surface area contributed by atoms with Gasteiger partial charge in [-0.2, -0.15) is 0 Å². The second-order valence-corrected chi connectivity index (χ2v) is 4.75. The number of carboxylic acid groups (broad SMARTS) is 1. The first-order valence-corrected chi connectivity index (χ1v) is 6.08. The zero-order valence-corrected chi connectivity index (χ0v) is 10.9. The van der Waals surface area contributed by atoms with Crippen LogP contribution in [0, 0.1) is 5.92 Å². The predicted molar refractivity (Wildman–Crippen MR) is 69.6 cm³/mol. The third kappa shape index (κ3) is 5.68. The van der Waals surface area contributed by atoms with Gasteiger partial charge < -0.3 is 10.4 Å². The molecule has 0 aliphatic heterocycles. The number of rotatable bonds is 6. The number of aliphatic carboxylic acids is 1. The summed E-state index contributed by atoms with van der Waals surface area (Å²) >= 11 is 5.82. The summed E-state index contributed by atoms with van der Waals surface area (Å²) < 4.78 is 0. The molecule has 0 bridgehead atoms. The van der Waals surface area contributed by atoms with Crippen molar-refractivity contribution in [2.75, 3.05) is 6.54 Å². The third-order valence-corrected chi connectivity index (χ3v) is 2.66. The maximum atomic E-state index is 11.6. The molecule has 1 aromatic carbocycles. The summed E-state index contributed by atoms with van der Waals surface area (Å²) in [5, 5.41) is 11.9. The molecule has 18 heavy (non-hydrogen) atoms. The molecule has 0 saturated carbocycles. The summed E-state index contributed by atoms with van der Waals surface area (Å²) in [5.41, 5.74) is 0.839. The maximum absolute atomic E-state index is 11.6. The van der Waals surface area contributed by atoms with E-state index >= 15 is 0 Å². The van der Waals surface area contributed by atoms with Gasteiger partial charge in [0.15, 0.2) is 0 Å². The Kier molecular flexibility index (Phi) is 5.65. The monoisotopic (exact) mass is 269 g/mol. The quantitative estimate of drug-likeness (QED) is 0.831. The summed E-state index contributed by atoms with van der Waals surface area (Å²) in [7, 11) is 0. The Balaban J connectivity index is 2.36. The normalized spacial score (nSPS) is 11.9. The van der Waals surface area contributed by atoms with Crippen LogP contribution in [0.15, 0.2) is 24.3 Å². The predicted octanol–water partition coefficient (Wildman–Crippen LogP) is 2.11. The molecule has 2 N–H and O–H groups in total. The highest BCUT2D eigenvalue weighted by molar-refractivity contribution is 6.30. The first-order chi connectivity index (χ1) is 8.47. The van der Waals surface area contributed by atoms with Crippen molar-refractivity contribution in [3.05, 3.63) is 34.9 Å². The van der Waals surface area contributed by atoms with Crippen molar-refractivity contribution in [2.45, 2.75) is 19.8 Å². The second-order valence-electron chi connectivity index (χ2n) is 4.31. The van der Waals surface area contributed by atoms with Crippen LogP contribution in [0.5, 0.6) is 0 Å². The molecule has 0 radical (unpaired) electrons. The van der Waals surface area contributed by atoms with Gasteiger partial charge in [-0.25, -0.2) is 0 Å². The molecule has 0 spiro atoms. The van der Waals surface area contributed by atoms with Crippen LogP contribution < -0.4 is 5.32 Å². The minimum Gasteiger partial charge on any atom is -0.481 e. The van der Waals surface area contributed by atoms with E-state index in [1.807, 2.05) is 6.07 Å². The van der Waals surface area contributed by atoms with Crippen LogP contribution in [0.1, 0.15) is 18.9 Å². The molecule has 0 aromatic heterocycles. The number of carbonyl (C=O) groups is 2.